The van der Waals surface area contributed by atoms with Gasteiger partial charge in [0.05, 0.1) is 5.69 Å². The Morgan fingerprint density at radius 3 is 2.62 bits per heavy atom. The SMILES string of the molecule is O=C(Nc1c(F)cc(F)cc1F)C1=C(O)CCc2c1nc1ccccn21. The number of aliphatic hydroxyl groups is 1. The van der Waals surface area contributed by atoms with Crippen molar-refractivity contribution >= 4 is 22.8 Å². The first kappa shape index (κ1) is 16.2. The molecule has 0 unspecified atom stereocenters. The van der Waals surface area contributed by atoms with Crippen molar-refractivity contribution in [2.24, 2.45) is 0 Å². The highest BCUT2D eigenvalue weighted by atomic mass is 19.1. The second kappa shape index (κ2) is 5.91. The van der Waals surface area contributed by atoms with Crippen LogP contribution < -0.4 is 5.32 Å². The molecule has 2 heterocycles. The average Bonchev–Trinajstić information content (AvgIpc) is 2.96. The number of carbonyl (C=O) groups excluding carboxylic acids is 1. The van der Waals surface area contributed by atoms with Gasteiger partial charge >= 0.3 is 0 Å². The number of halogens is 3. The number of allylic oxidation sites excluding steroid dienone is 1. The standard InChI is InChI=1S/C18H12F3N3O2/c19-9-7-10(20)16(11(21)8-9)23-18(26)15-13(25)5-4-12-17(15)22-14-3-1-2-6-24(12)14/h1-3,6-8,25H,4-5H2,(H,23,26). The highest BCUT2D eigenvalue weighted by Crippen LogP contribution is 2.32. The van der Waals surface area contributed by atoms with E-state index < -0.39 is 29.0 Å². The summed E-state index contributed by atoms with van der Waals surface area (Å²) in [5.74, 6) is -4.73. The minimum Gasteiger partial charge on any atom is -0.511 e. The summed E-state index contributed by atoms with van der Waals surface area (Å²) in [5.41, 5.74) is 0.603. The van der Waals surface area contributed by atoms with Crippen LogP contribution in [0.5, 0.6) is 0 Å². The van der Waals surface area contributed by atoms with Gasteiger partial charge in [-0.2, -0.15) is 0 Å². The van der Waals surface area contributed by atoms with Crippen molar-refractivity contribution in [3.63, 3.8) is 0 Å². The number of carbonyl (C=O) groups is 1. The maximum Gasteiger partial charge on any atom is 0.261 e. The molecule has 132 valence electrons. The number of aliphatic hydroxyl groups excluding tert-OH is 1. The second-order valence-electron chi connectivity index (χ2n) is 5.86. The average molecular weight is 359 g/mol. The summed E-state index contributed by atoms with van der Waals surface area (Å²) in [5, 5.41) is 12.3. The fraction of sp³-hybridized carbons (Fsp3) is 0.111. The van der Waals surface area contributed by atoms with Gasteiger partial charge in [0.25, 0.3) is 5.91 Å². The Kier molecular flexibility index (Phi) is 3.68. The Bertz CT molecular complexity index is 1070. The molecule has 0 atom stereocenters. The number of rotatable bonds is 2. The zero-order valence-corrected chi connectivity index (χ0v) is 13.3. The number of hydrogen-bond donors (Lipinski definition) is 2. The van der Waals surface area contributed by atoms with Gasteiger partial charge in [-0.3, -0.25) is 4.79 Å². The number of fused-ring (bicyclic) bond motifs is 3. The Morgan fingerprint density at radius 1 is 1.15 bits per heavy atom. The van der Waals surface area contributed by atoms with E-state index in [1.807, 2.05) is 0 Å². The molecule has 1 aliphatic carbocycles. The molecule has 1 aromatic carbocycles. The number of nitrogens with one attached hydrogen (secondary N) is 1. The lowest BCUT2D eigenvalue weighted by atomic mass is 9.97. The summed E-state index contributed by atoms with van der Waals surface area (Å²) in [6, 6.07) is 6.25. The number of nitrogens with zero attached hydrogens (tertiary/aromatic N) is 2. The van der Waals surface area contributed by atoms with Crippen LogP contribution >= 0.6 is 0 Å². The maximum atomic E-state index is 13.8. The molecule has 1 aliphatic rings. The van der Waals surface area contributed by atoms with Crippen LogP contribution in [0.25, 0.3) is 11.2 Å². The molecule has 2 aromatic heterocycles. The maximum absolute atomic E-state index is 13.8. The van der Waals surface area contributed by atoms with Crippen molar-refractivity contribution in [2.45, 2.75) is 12.8 Å². The lowest BCUT2D eigenvalue weighted by Crippen LogP contribution is -2.21. The summed E-state index contributed by atoms with van der Waals surface area (Å²) < 4.78 is 42.4. The summed E-state index contributed by atoms with van der Waals surface area (Å²) in [6.07, 6.45) is 2.42. The first-order valence-corrected chi connectivity index (χ1v) is 7.80. The smallest absolute Gasteiger partial charge is 0.261 e. The fourth-order valence-electron chi connectivity index (χ4n) is 3.06. The molecule has 26 heavy (non-hydrogen) atoms. The number of aryl methyl sites for hydroxylation is 1. The summed E-state index contributed by atoms with van der Waals surface area (Å²) >= 11 is 0. The van der Waals surface area contributed by atoms with E-state index in [-0.39, 0.29) is 23.4 Å². The van der Waals surface area contributed by atoms with Gasteiger partial charge in [-0.1, -0.05) is 6.07 Å². The van der Waals surface area contributed by atoms with E-state index in [4.69, 9.17) is 0 Å². The molecule has 0 spiro atoms. The molecule has 0 radical (unpaired) electrons. The van der Waals surface area contributed by atoms with E-state index >= 15 is 0 Å². The van der Waals surface area contributed by atoms with Crippen molar-refractivity contribution in [3.05, 3.63) is 71.1 Å². The molecule has 2 N–H and O–H groups in total. The van der Waals surface area contributed by atoms with Crippen LogP contribution in [0.1, 0.15) is 17.8 Å². The second-order valence-corrected chi connectivity index (χ2v) is 5.86. The number of aromatic nitrogens is 2. The number of imidazole rings is 1. The van der Waals surface area contributed by atoms with Gasteiger partial charge in [0.15, 0.2) is 11.6 Å². The van der Waals surface area contributed by atoms with Gasteiger partial charge in [0.1, 0.15) is 34.2 Å². The Labute approximate surface area is 145 Å². The lowest BCUT2D eigenvalue weighted by Gasteiger charge is -2.16. The van der Waals surface area contributed by atoms with Crippen molar-refractivity contribution in [1.29, 1.82) is 0 Å². The molecule has 0 aliphatic heterocycles. The number of hydrogen-bond acceptors (Lipinski definition) is 3. The van der Waals surface area contributed by atoms with E-state index in [1.54, 1.807) is 28.8 Å². The van der Waals surface area contributed by atoms with Crippen LogP contribution in [-0.2, 0) is 11.2 Å². The van der Waals surface area contributed by atoms with E-state index in [0.717, 1.165) is 0 Å². The van der Waals surface area contributed by atoms with Gasteiger partial charge in [-0.25, -0.2) is 18.2 Å². The molecule has 8 heteroatoms. The van der Waals surface area contributed by atoms with Crippen LogP contribution in [0.2, 0.25) is 0 Å². The van der Waals surface area contributed by atoms with Crippen molar-refractivity contribution in [1.82, 2.24) is 9.38 Å². The van der Waals surface area contributed by atoms with Gasteiger partial charge in [0.2, 0.25) is 0 Å². The molecule has 0 saturated carbocycles. The minimum absolute atomic E-state index is 0.155. The fourth-order valence-corrected chi connectivity index (χ4v) is 3.06. The van der Waals surface area contributed by atoms with Crippen LogP contribution in [-0.4, -0.2) is 20.4 Å². The molecule has 0 bridgehead atoms. The van der Waals surface area contributed by atoms with Crippen LogP contribution in [0.4, 0.5) is 18.9 Å². The Morgan fingerprint density at radius 2 is 1.88 bits per heavy atom. The van der Waals surface area contributed by atoms with E-state index in [9.17, 15) is 23.1 Å². The highest BCUT2D eigenvalue weighted by Gasteiger charge is 2.29. The molecule has 3 aromatic rings. The predicted octanol–water partition coefficient (Wildman–Crippen LogP) is 3.61. The van der Waals surface area contributed by atoms with Gasteiger partial charge in [-0.15, -0.1) is 0 Å². The number of amides is 1. The highest BCUT2D eigenvalue weighted by molar-refractivity contribution is 6.26. The molecule has 1 amide bonds. The quantitative estimate of drug-likeness (QED) is 0.735. The Balaban J connectivity index is 1.77. The monoisotopic (exact) mass is 359 g/mol. The number of anilines is 1. The van der Waals surface area contributed by atoms with Crippen LogP contribution in [0, 0.1) is 17.5 Å². The molecule has 5 nitrogen and oxygen atoms in total. The molecule has 0 fully saturated rings. The van der Waals surface area contributed by atoms with Gasteiger partial charge < -0.3 is 14.8 Å². The third-order valence-corrected chi connectivity index (χ3v) is 4.23. The molecular weight excluding hydrogens is 347 g/mol. The topological polar surface area (TPSA) is 66.6 Å². The third kappa shape index (κ3) is 2.50. The lowest BCUT2D eigenvalue weighted by molar-refractivity contribution is -0.111. The zero-order chi connectivity index (χ0) is 18.4. The van der Waals surface area contributed by atoms with Gasteiger partial charge in [0, 0.05) is 24.8 Å². The number of pyridine rings is 1. The Hall–Kier alpha value is -3.29. The first-order chi connectivity index (χ1) is 12.5. The normalized spacial score (nSPS) is 13.8. The predicted molar refractivity (Wildman–Crippen MR) is 88.0 cm³/mol. The zero-order valence-electron chi connectivity index (χ0n) is 13.3. The van der Waals surface area contributed by atoms with E-state index in [0.29, 0.717) is 29.9 Å². The van der Waals surface area contributed by atoms with Crippen LogP contribution in [0.3, 0.4) is 0 Å². The van der Waals surface area contributed by atoms with E-state index in [1.165, 1.54) is 0 Å². The third-order valence-electron chi connectivity index (χ3n) is 4.23. The summed E-state index contributed by atoms with van der Waals surface area (Å²) in [6.45, 7) is 0. The van der Waals surface area contributed by atoms with Crippen molar-refractivity contribution in [3.8, 4) is 0 Å². The van der Waals surface area contributed by atoms with Gasteiger partial charge in [-0.05, 0) is 18.6 Å². The molecule has 0 saturated heterocycles. The van der Waals surface area contributed by atoms with Crippen molar-refractivity contribution in [2.75, 3.05) is 5.32 Å². The molecular formula is C18H12F3N3O2. The minimum atomic E-state index is -1.25. The summed E-state index contributed by atoms with van der Waals surface area (Å²) in [4.78, 5) is 16.9. The number of benzene rings is 1. The van der Waals surface area contributed by atoms with E-state index in [2.05, 4.69) is 10.3 Å². The van der Waals surface area contributed by atoms with Crippen LogP contribution in [0.15, 0.2) is 42.3 Å². The summed E-state index contributed by atoms with van der Waals surface area (Å²) in [7, 11) is 0. The van der Waals surface area contributed by atoms with Crippen molar-refractivity contribution < 1.29 is 23.1 Å². The first-order valence-electron chi connectivity index (χ1n) is 7.80. The largest absolute Gasteiger partial charge is 0.511 e. The molecule has 4 rings (SSSR count).